The van der Waals surface area contributed by atoms with Gasteiger partial charge in [-0.25, -0.2) is 13.4 Å². The fourth-order valence-corrected chi connectivity index (χ4v) is 6.97. The second-order valence-electron chi connectivity index (χ2n) is 9.99. The van der Waals surface area contributed by atoms with Crippen LogP contribution in [0.25, 0.3) is 0 Å². The van der Waals surface area contributed by atoms with Crippen LogP contribution in [0, 0.1) is 0 Å². The van der Waals surface area contributed by atoms with Crippen molar-refractivity contribution < 1.29 is 26.3 Å². The smallest absolute Gasteiger partial charge is 0.417 e. The van der Waals surface area contributed by atoms with Crippen LogP contribution in [0.3, 0.4) is 0 Å². The second-order valence-corrected chi connectivity index (χ2v) is 11.8. The number of rotatable bonds is 5. The van der Waals surface area contributed by atoms with E-state index in [2.05, 4.69) is 33.9 Å². The Morgan fingerprint density at radius 3 is 2.45 bits per heavy atom. The number of sulfone groups is 1. The highest BCUT2D eigenvalue weighted by Crippen LogP contribution is 2.42. The van der Waals surface area contributed by atoms with E-state index in [9.17, 15) is 21.6 Å². The normalized spacial score (nSPS) is 18.6. The first-order valence-electron chi connectivity index (χ1n) is 12.7. The van der Waals surface area contributed by atoms with Gasteiger partial charge in [0, 0.05) is 37.1 Å². The lowest BCUT2D eigenvalue weighted by Gasteiger charge is -2.37. The van der Waals surface area contributed by atoms with Crippen LogP contribution in [0.1, 0.15) is 24.0 Å². The van der Waals surface area contributed by atoms with E-state index in [1.807, 2.05) is 18.2 Å². The summed E-state index contributed by atoms with van der Waals surface area (Å²) in [5.74, 6) is 0.774. The number of alkyl halides is 3. The minimum absolute atomic E-state index is 0.107. The van der Waals surface area contributed by atoms with Crippen LogP contribution >= 0.6 is 0 Å². The summed E-state index contributed by atoms with van der Waals surface area (Å²) in [6.07, 6.45) is -2.58. The molecule has 3 aromatic rings. The number of piperidine rings is 1. The van der Waals surface area contributed by atoms with Crippen molar-refractivity contribution in [2.24, 2.45) is 10.7 Å². The van der Waals surface area contributed by atoms with E-state index in [1.165, 1.54) is 25.4 Å². The van der Waals surface area contributed by atoms with Gasteiger partial charge in [-0.1, -0.05) is 12.1 Å². The molecule has 1 aromatic heterocycles. The third-order valence-electron chi connectivity index (χ3n) is 7.43. The Morgan fingerprint density at radius 1 is 1.10 bits per heavy atom. The molecule has 1 atom stereocenters. The lowest BCUT2D eigenvalue weighted by atomic mass is 10.0. The van der Waals surface area contributed by atoms with Gasteiger partial charge in [0.05, 0.1) is 28.8 Å². The molecule has 9 nitrogen and oxygen atoms in total. The number of hydrogen-bond donors (Lipinski definition) is 2. The third-order valence-corrected chi connectivity index (χ3v) is 9.20. The molecule has 0 saturated carbocycles. The van der Waals surface area contributed by atoms with Crippen LogP contribution in [0.5, 0.6) is 5.75 Å². The molecule has 0 bridgehead atoms. The van der Waals surface area contributed by atoms with Gasteiger partial charge in [-0.3, -0.25) is 10.6 Å². The molecule has 5 rings (SSSR count). The van der Waals surface area contributed by atoms with Crippen molar-refractivity contribution in [2.75, 3.05) is 44.1 Å². The topological polar surface area (TPSA) is 107 Å². The number of aromatic amines is 1. The maximum atomic E-state index is 13.7. The van der Waals surface area contributed by atoms with Crippen molar-refractivity contribution in [1.82, 2.24) is 9.88 Å². The van der Waals surface area contributed by atoms with Crippen molar-refractivity contribution in [1.29, 1.82) is 0 Å². The van der Waals surface area contributed by atoms with Crippen LogP contribution in [-0.4, -0.2) is 70.0 Å². The lowest BCUT2D eigenvalue weighted by molar-refractivity contribution is -0.139. The zero-order chi connectivity index (χ0) is 28.8. The van der Waals surface area contributed by atoms with Gasteiger partial charge in [-0.15, -0.1) is 0 Å². The van der Waals surface area contributed by atoms with Crippen molar-refractivity contribution in [2.45, 2.75) is 36.2 Å². The Labute approximate surface area is 231 Å². The molecule has 214 valence electrons. The highest BCUT2D eigenvalue weighted by molar-refractivity contribution is 8.07. The van der Waals surface area contributed by atoms with E-state index < -0.39 is 37.8 Å². The predicted octanol–water partition coefficient (Wildman–Crippen LogP) is 4.19. The minimum atomic E-state index is -4.87. The number of methoxy groups -OCH3 is 1. The van der Waals surface area contributed by atoms with Gasteiger partial charge in [0.2, 0.25) is 9.84 Å². The molecule has 0 aliphatic carbocycles. The van der Waals surface area contributed by atoms with E-state index in [0.29, 0.717) is 17.5 Å². The van der Waals surface area contributed by atoms with Crippen molar-refractivity contribution in [3.63, 3.8) is 0 Å². The molecule has 40 heavy (non-hydrogen) atoms. The molecular formula is C27H31F3N6O3S. The third kappa shape index (κ3) is 4.93. The molecule has 0 amide bonds. The highest BCUT2D eigenvalue weighted by Gasteiger charge is 2.42. The van der Waals surface area contributed by atoms with Gasteiger partial charge >= 0.3 is 6.18 Å². The lowest BCUT2D eigenvalue weighted by Crippen LogP contribution is -2.43. The maximum absolute atomic E-state index is 13.7. The molecule has 2 aromatic carbocycles. The quantitative estimate of drug-likeness (QED) is 0.469. The van der Waals surface area contributed by atoms with Crippen molar-refractivity contribution in [3.8, 4) is 5.75 Å². The fourth-order valence-electron chi connectivity index (χ4n) is 5.33. The van der Waals surface area contributed by atoms with Crippen molar-refractivity contribution >= 4 is 32.1 Å². The Morgan fingerprint density at radius 2 is 1.80 bits per heavy atom. The maximum Gasteiger partial charge on any atom is 0.417 e. The Bertz CT molecular complexity index is 1530. The molecule has 0 spiro atoms. The number of benzene rings is 2. The number of nitrogens with two attached hydrogens (primary N) is 1. The summed E-state index contributed by atoms with van der Waals surface area (Å²) in [6, 6.07) is 11.7. The van der Waals surface area contributed by atoms with E-state index in [1.54, 1.807) is 4.90 Å². The average molecular weight is 577 g/mol. The van der Waals surface area contributed by atoms with Crippen molar-refractivity contribution in [3.05, 3.63) is 65.9 Å². The van der Waals surface area contributed by atoms with Crippen LogP contribution in [0.4, 0.5) is 30.4 Å². The number of anilines is 3. The molecular weight excluding hydrogens is 545 g/mol. The van der Waals surface area contributed by atoms with Crippen LogP contribution in [-0.2, 0) is 16.0 Å². The van der Waals surface area contributed by atoms with Crippen LogP contribution in [0.15, 0.2) is 64.6 Å². The monoisotopic (exact) mass is 576 g/mol. The first-order chi connectivity index (χ1) is 18.9. The summed E-state index contributed by atoms with van der Waals surface area (Å²) in [5, 5.41) is -0.538. The van der Waals surface area contributed by atoms with Gasteiger partial charge in [0.15, 0.2) is 11.3 Å². The second kappa shape index (κ2) is 10.5. The summed E-state index contributed by atoms with van der Waals surface area (Å²) in [7, 11) is 1.02. The van der Waals surface area contributed by atoms with E-state index in [4.69, 9.17) is 10.5 Å². The summed E-state index contributed by atoms with van der Waals surface area (Å²) >= 11 is 0. The zero-order valence-corrected chi connectivity index (χ0v) is 23.1. The summed E-state index contributed by atoms with van der Waals surface area (Å²) in [4.78, 5) is 12.4. The number of nitrogens with zero attached hydrogens (tertiary/aromatic N) is 4. The molecule has 0 radical (unpaired) electrons. The Balaban J connectivity index is 1.51. The first-order valence-corrected chi connectivity index (χ1v) is 14.2. The number of fused-ring (bicyclic) bond motifs is 1. The number of ether oxygens (including phenoxy) is 1. The number of nitrogens with one attached hydrogen (secondary N) is 1. The molecule has 13 heteroatoms. The first kappa shape index (κ1) is 28.0. The Hall–Kier alpha value is -3.55. The standard InChI is InChI=1S/C27H31F3N6O3S/c1-34(2)17-11-14-35(15-12-17)18-8-9-21(22(16-18)39-3)36-24-19(10-13-32-24)25(33-26(36)31)40(37,38)23-7-5-4-6-20(23)27(28,29)30/h4-10,13,16-17,26,32H,11-12,14-15,31H2,1-3H3. The van der Waals surface area contributed by atoms with Gasteiger partial charge in [-0.2, -0.15) is 13.2 Å². The predicted molar refractivity (Wildman–Crippen MR) is 148 cm³/mol. The number of halogens is 3. The van der Waals surface area contributed by atoms with Gasteiger partial charge in [-0.05, 0) is 57.3 Å². The van der Waals surface area contributed by atoms with E-state index in [-0.39, 0.29) is 11.4 Å². The minimum Gasteiger partial charge on any atom is -0.494 e. The molecule has 2 aliphatic heterocycles. The molecule has 3 heterocycles. The zero-order valence-electron chi connectivity index (χ0n) is 22.3. The summed E-state index contributed by atoms with van der Waals surface area (Å²) in [6.45, 7) is 1.78. The molecule has 1 saturated heterocycles. The largest absolute Gasteiger partial charge is 0.494 e. The van der Waals surface area contributed by atoms with Crippen LogP contribution in [0.2, 0.25) is 0 Å². The highest BCUT2D eigenvalue weighted by atomic mass is 32.2. The number of H-pyrrole nitrogens is 1. The number of aliphatic imine (C=N–C) groups is 1. The number of aromatic nitrogens is 1. The fraction of sp³-hybridized carbons (Fsp3) is 0.370. The molecule has 3 N–H and O–H groups in total. The molecule has 1 fully saturated rings. The SMILES string of the molecule is COc1cc(N2CCC(N(C)C)CC2)ccc1N1c2[nH]ccc2C(S(=O)(=O)c2ccccc2C(F)(F)F)=NC1N. The van der Waals surface area contributed by atoms with Gasteiger partial charge in [0.1, 0.15) is 11.6 Å². The molecule has 2 aliphatic rings. The van der Waals surface area contributed by atoms with Gasteiger partial charge in [0.25, 0.3) is 0 Å². The summed E-state index contributed by atoms with van der Waals surface area (Å²) in [5.41, 5.74) is 6.73. The number of hydrogen-bond acceptors (Lipinski definition) is 8. The van der Waals surface area contributed by atoms with Crippen LogP contribution < -0.4 is 20.3 Å². The molecule has 1 unspecified atom stereocenters. The Kier molecular flexibility index (Phi) is 7.31. The van der Waals surface area contributed by atoms with E-state index >= 15 is 0 Å². The average Bonchev–Trinajstić information content (AvgIpc) is 3.41. The summed E-state index contributed by atoms with van der Waals surface area (Å²) < 4.78 is 73.9. The van der Waals surface area contributed by atoms with E-state index in [0.717, 1.165) is 49.8 Å². The van der Waals surface area contributed by atoms with Gasteiger partial charge < -0.3 is 19.5 Å².